The summed E-state index contributed by atoms with van der Waals surface area (Å²) >= 11 is 5.59. The largest absolute Gasteiger partial charge is 0.263 e. The van der Waals surface area contributed by atoms with Crippen molar-refractivity contribution in [2.75, 3.05) is 4.72 Å². The summed E-state index contributed by atoms with van der Waals surface area (Å²) in [7, 11) is -3.66. The quantitative estimate of drug-likeness (QED) is 0.945. The van der Waals surface area contributed by atoms with Gasteiger partial charge in [0, 0.05) is 0 Å². The average Bonchev–Trinajstić information content (AvgIpc) is 2.35. The predicted octanol–water partition coefficient (Wildman–Crippen LogP) is 2.55. The molecule has 0 unspecified atom stereocenters. The summed E-state index contributed by atoms with van der Waals surface area (Å²) in [6, 6.07) is 7.84. The number of nitrogens with zero attached hydrogens (tertiary/aromatic N) is 2. The van der Waals surface area contributed by atoms with Gasteiger partial charge in [-0.1, -0.05) is 17.7 Å². The van der Waals surface area contributed by atoms with E-state index in [1.54, 1.807) is 18.2 Å². The van der Waals surface area contributed by atoms with Crippen molar-refractivity contribution < 1.29 is 8.42 Å². The smallest absolute Gasteiger partial charge is 0.262 e. The van der Waals surface area contributed by atoms with Gasteiger partial charge in [0.1, 0.15) is 0 Å². The van der Waals surface area contributed by atoms with E-state index >= 15 is 0 Å². The second kappa shape index (κ2) is 5.14. The van der Waals surface area contributed by atoms with E-state index in [4.69, 9.17) is 11.6 Å². The lowest BCUT2D eigenvalue weighted by Gasteiger charge is -2.08. The van der Waals surface area contributed by atoms with Crippen LogP contribution in [0.3, 0.4) is 0 Å². The van der Waals surface area contributed by atoms with Gasteiger partial charge in [-0.15, -0.1) is 10.2 Å². The molecule has 0 radical (unpaired) electrons. The van der Waals surface area contributed by atoms with E-state index in [1.165, 1.54) is 12.1 Å². The topological polar surface area (TPSA) is 72.0 Å². The number of hydrogen-bond acceptors (Lipinski definition) is 4. The van der Waals surface area contributed by atoms with E-state index in [2.05, 4.69) is 14.9 Å². The number of nitrogens with one attached hydrogen (secondary N) is 1. The highest BCUT2D eigenvalue weighted by molar-refractivity contribution is 7.92. The van der Waals surface area contributed by atoms with Crippen molar-refractivity contribution in [2.24, 2.45) is 0 Å². The Morgan fingerprint density at radius 2 is 1.79 bits per heavy atom. The highest BCUT2D eigenvalue weighted by atomic mass is 35.5. The molecule has 0 fully saturated rings. The van der Waals surface area contributed by atoms with Crippen molar-refractivity contribution in [3.63, 3.8) is 0 Å². The normalized spacial score (nSPS) is 11.3. The Labute approximate surface area is 116 Å². The molecule has 1 aromatic carbocycles. The number of aromatic nitrogens is 2. The SMILES string of the molecule is Cc1ccc(S(=O)(=O)Nc2ccc(Cl)nn2)cc1C. The molecule has 0 aliphatic rings. The number of rotatable bonds is 3. The maximum absolute atomic E-state index is 12.1. The van der Waals surface area contributed by atoms with Crippen molar-refractivity contribution >= 4 is 27.4 Å². The van der Waals surface area contributed by atoms with Gasteiger partial charge in [-0.2, -0.15) is 0 Å². The molecular formula is C12H12ClN3O2S. The Balaban J connectivity index is 2.32. The van der Waals surface area contributed by atoms with E-state index in [0.29, 0.717) is 0 Å². The number of halogens is 1. The number of hydrogen-bond donors (Lipinski definition) is 1. The van der Waals surface area contributed by atoms with Crippen LogP contribution in [0.2, 0.25) is 5.15 Å². The minimum atomic E-state index is -3.66. The lowest BCUT2D eigenvalue weighted by Crippen LogP contribution is -2.14. The van der Waals surface area contributed by atoms with Gasteiger partial charge in [-0.25, -0.2) is 8.42 Å². The van der Waals surface area contributed by atoms with Crippen LogP contribution in [0.25, 0.3) is 0 Å². The molecule has 7 heteroatoms. The highest BCUT2D eigenvalue weighted by Crippen LogP contribution is 2.17. The first kappa shape index (κ1) is 13.8. The maximum Gasteiger partial charge on any atom is 0.263 e. The van der Waals surface area contributed by atoms with Crippen LogP contribution in [0.1, 0.15) is 11.1 Å². The molecule has 0 atom stereocenters. The minimum Gasteiger partial charge on any atom is -0.262 e. The minimum absolute atomic E-state index is 0.127. The van der Waals surface area contributed by atoms with Crippen LogP contribution in [0.4, 0.5) is 5.82 Å². The van der Waals surface area contributed by atoms with Gasteiger partial charge >= 0.3 is 0 Å². The summed E-state index contributed by atoms with van der Waals surface area (Å²) in [5.74, 6) is 0.127. The van der Waals surface area contributed by atoms with Crippen molar-refractivity contribution in [1.29, 1.82) is 0 Å². The molecule has 1 aromatic heterocycles. The third kappa shape index (κ3) is 3.21. The fourth-order valence-electron chi connectivity index (χ4n) is 1.45. The van der Waals surface area contributed by atoms with E-state index < -0.39 is 10.0 Å². The van der Waals surface area contributed by atoms with Crippen LogP contribution in [0, 0.1) is 13.8 Å². The molecule has 2 rings (SSSR count). The third-order valence-electron chi connectivity index (χ3n) is 2.66. The molecule has 0 saturated heterocycles. The molecule has 5 nitrogen and oxygen atoms in total. The first-order chi connectivity index (χ1) is 8.88. The van der Waals surface area contributed by atoms with Crippen LogP contribution in [-0.2, 0) is 10.0 Å². The second-order valence-corrected chi connectivity index (χ2v) is 6.16. The standard InChI is InChI=1S/C12H12ClN3O2S/c1-8-3-4-10(7-9(8)2)19(17,18)16-12-6-5-11(13)14-15-12/h3-7H,1-2H3,(H,15,16). The molecule has 0 aliphatic heterocycles. The van der Waals surface area contributed by atoms with E-state index in [9.17, 15) is 8.42 Å². The van der Waals surface area contributed by atoms with Crippen molar-refractivity contribution in [1.82, 2.24) is 10.2 Å². The molecular weight excluding hydrogens is 286 g/mol. The van der Waals surface area contributed by atoms with Gasteiger partial charge in [0.15, 0.2) is 11.0 Å². The van der Waals surface area contributed by atoms with Crippen molar-refractivity contribution in [3.05, 3.63) is 46.6 Å². The molecule has 0 aliphatic carbocycles. The summed E-state index contributed by atoms with van der Waals surface area (Å²) in [6.07, 6.45) is 0. The van der Waals surface area contributed by atoms with Gasteiger partial charge in [0.2, 0.25) is 0 Å². The Hall–Kier alpha value is -1.66. The maximum atomic E-state index is 12.1. The summed E-state index contributed by atoms with van der Waals surface area (Å²) in [4.78, 5) is 0.187. The summed E-state index contributed by atoms with van der Waals surface area (Å²) in [5, 5.41) is 7.44. The first-order valence-corrected chi connectivity index (χ1v) is 7.34. The fourth-order valence-corrected chi connectivity index (χ4v) is 2.63. The second-order valence-electron chi connectivity index (χ2n) is 4.09. The molecule has 0 spiro atoms. The zero-order chi connectivity index (χ0) is 14.0. The zero-order valence-corrected chi connectivity index (χ0v) is 12.0. The molecule has 1 heterocycles. The molecule has 0 saturated carbocycles. The molecule has 2 aromatic rings. The summed E-state index contributed by atoms with van der Waals surface area (Å²) < 4.78 is 26.6. The van der Waals surface area contributed by atoms with Gasteiger partial charge in [-0.05, 0) is 49.2 Å². The monoisotopic (exact) mass is 297 g/mol. The number of sulfonamides is 1. The molecule has 1 N–H and O–H groups in total. The molecule has 0 bridgehead atoms. The van der Waals surface area contributed by atoms with Crippen LogP contribution >= 0.6 is 11.6 Å². The Kier molecular flexibility index (Phi) is 3.73. The first-order valence-electron chi connectivity index (χ1n) is 5.48. The van der Waals surface area contributed by atoms with Gasteiger partial charge in [-0.3, -0.25) is 4.72 Å². The summed E-state index contributed by atoms with van der Waals surface area (Å²) in [6.45, 7) is 3.78. The number of anilines is 1. The number of benzene rings is 1. The lowest BCUT2D eigenvalue weighted by molar-refractivity contribution is 0.601. The lowest BCUT2D eigenvalue weighted by atomic mass is 10.1. The van der Waals surface area contributed by atoms with E-state index in [-0.39, 0.29) is 15.9 Å². The average molecular weight is 298 g/mol. The highest BCUT2D eigenvalue weighted by Gasteiger charge is 2.15. The van der Waals surface area contributed by atoms with Crippen molar-refractivity contribution in [3.8, 4) is 0 Å². The Morgan fingerprint density at radius 1 is 1.05 bits per heavy atom. The summed E-state index contributed by atoms with van der Waals surface area (Å²) in [5.41, 5.74) is 1.94. The number of aryl methyl sites for hydroxylation is 2. The van der Waals surface area contributed by atoms with E-state index in [1.807, 2.05) is 13.8 Å². The van der Waals surface area contributed by atoms with Gasteiger partial charge in [0.25, 0.3) is 10.0 Å². The molecule has 100 valence electrons. The Bertz CT molecular complexity index is 699. The van der Waals surface area contributed by atoms with Gasteiger partial charge < -0.3 is 0 Å². The molecule has 0 amide bonds. The van der Waals surface area contributed by atoms with Crippen LogP contribution < -0.4 is 4.72 Å². The third-order valence-corrected chi connectivity index (χ3v) is 4.21. The molecule has 19 heavy (non-hydrogen) atoms. The van der Waals surface area contributed by atoms with Gasteiger partial charge in [0.05, 0.1) is 4.90 Å². The van der Waals surface area contributed by atoms with Crippen LogP contribution in [0.5, 0.6) is 0 Å². The predicted molar refractivity (Wildman–Crippen MR) is 73.8 cm³/mol. The van der Waals surface area contributed by atoms with E-state index in [0.717, 1.165) is 11.1 Å². The van der Waals surface area contributed by atoms with Crippen LogP contribution in [-0.4, -0.2) is 18.6 Å². The zero-order valence-electron chi connectivity index (χ0n) is 10.4. The van der Waals surface area contributed by atoms with Crippen LogP contribution in [0.15, 0.2) is 35.2 Å². The fraction of sp³-hybridized carbons (Fsp3) is 0.167. The van der Waals surface area contributed by atoms with Crippen molar-refractivity contribution in [2.45, 2.75) is 18.7 Å². The Morgan fingerprint density at radius 3 is 2.37 bits per heavy atom.